The average molecular weight is 521 g/mol. The molecule has 9 heteroatoms. The van der Waals surface area contributed by atoms with E-state index in [9.17, 15) is 14.0 Å². The second-order valence-corrected chi connectivity index (χ2v) is 8.82. The van der Waals surface area contributed by atoms with E-state index in [4.69, 9.17) is 22.1 Å². The van der Waals surface area contributed by atoms with E-state index in [0.29, 0.717) is 34.2 Å². The number of primary amides is 1. The zero-order valence-corrected chi connectivity index (χ0v) is 21.2. The van der Waals surface area contributed by atoms with Crippen molar-refractivity contribution in [2.75, 3.05) is 19.2 Å². The molecular weight excluding hydrogens is 495 g/mol. The van der Waals surface area contributed by atoms with E-state index in [2.05, 4.69) is 22.6 Å². The molecule has 2 amide bonds. The van der Waals surface area contributed by atoms with E-state index in [0.717, 1.165) is 29.7 Å². The summed E-state index contributed by atoms with van der Waals surface area (Å²) in [5, 5.41) is 9.06. The van der Waals surface area contributed by atoms with Crippen molar-refractivity contribution in [3.8, 4) is 5.75 Å². The first kappa shape index (κ1) is 25.9. The van der Waals surface area contributed by atoms with Crippen molar-refractivity contribution in [2.24, 2.45) is 10.8 Å². The highest BCUT2D eigenvalue weighted by Gasteiger charge is 2.30. The summed E-state index contributed by atoms with van der Waals surface area (Å²) >= 11 is 5.84. The summed E-state index contributed by atoms with van der Waals surface area (Å²) in [4.78, 5) is 22.9. The van der Waals surface area contributed by atoms with Crippen LogP contribution in [0.3, 0.4) is 0 Å². The van der Waals surface area contributed by atoms with Crippen molar-refractivity contribution in [2.45, 2.75) is 19.3 Å². The van der Waals surface area contributed by atoms with Crippen molar-refractivity contribution in [1.29, 1.82) is 0 Å². The number of benzene rings is 3. The summed E-state index contributed by atoms with van der Waals surface area (Å²) in [6.07, 6.45) is 2.26. The summed E-state index contributed by atoms with van der Waals surface area (Å²) < 4.78 is 18.2. The summed E-state index contributed by atoms with van der Waals surface area (Å²) in [5.74, 6) is -0.397. The van der Waals surface area contributed by atoms with Gasteiger partial charge in [-0.2, -0.15) is 5.10 Å². The van der Waals surface area contributed by atoms with Gasteiger partial charge in [0.15, 0.2) is 0 Å². The molecule has 3 N–H and O–H groups in total. The molecule has 0 atom stereocenters. The molecule has 0 radical (unpaired) electrons. The first-order valence-electron chi connectivity index (χ1n) is 11.6. The molecule has 0 spiro atoms. The minimum Gasteiger partial charge on any atom is -0.497 e. The van der Waals surface area contributed by atoms with Crippen LogP contribution in [0.5, 0.6) is 5.75 Å². The lowest BCUT2D eigenvalue weighted by atomic mass is 9.85. The fraction of sp³-hybridized carbons (Fsp3) is 0.179. The van der Waals surface area contributed by atoms with E-state index in [-0.39, 0.29) is 11.7 Å². The number of carbonyl (C=O) groups is 2. The van der Waals surface area contributed by atoms with Gasteiger partial charge in [0.2, 0.25) is 0 Å². The predicted octanol–water partition coefficient (Wildman–Crippen LogP) is 4.94. The molecule has 3 aromatic carbocycles. The first-order chi connectivity index (χ1) is 17.8. The number of ether oxygens (including phenoxy) is 1. The van der Waals surface area contributed by atoms with Crippen LogP contribution in [0.25, 0.3) is 5.70 Å². The average Bonchev–Trinajstić information content (AvgIpc) is 2.92. The fourth-order valence-electron chi connectivity index (χ4n) is 4.26. The second-order valence-electron chi connectivity index (χ2n) is 8.41. The van der Waals surface area contributed by atoms with Crippen LogP contribution >= 0.6 is 11.6 Å². The smallest absolute Gasteiger partial charge is 0.265 e. The van der Waals surface area contributed by atoms with Crippen LogP contribution < -0.4 is 20.8 Å². The molecule has 0 aromatic heterocycles. The molecule has 0 fully saturated rings. The third-order valence-electron chi connectivity index (χ3n) is 6.12. The Morgan fingerprint density at radius 1 is 1.08 bits per heavy atom. The molecule has 0 unspecified atom stereocenters. The summed E-state index contributed by atoms with van der Waals surface area (Å²) in [6, 6.07) is 19.2. The number of fused-ring (bicyclic) bond motifs is 2. The van der Waals surface area contributed by atoms with Gasteiger partial charge in [-0.15, -0.1) is 0 Å². The maximum absolute atomic E-state index is 13.3. The molecule has 0 saturated carbocycles. The SMILES string of the molecule is CNC(=O)c1ccc(OC)cc1Cl.NC(=O)C1=NN(c2ccc(F)cc2)C2=C(CCc3ccccc32)C1. The molecule has 5 rings (SSSR count). The summed E-state index contributed by atoms with van der Waals surface area (Å²) in [6.45, 7) is 0. The highest BCUT2D eigenvalue weighted by atomic mass is 35.5. The molecule has 1 heterocycles. The molecule has 1 aliphatic heterocycles. The lowest BCUT2D eigenvalue weighted by Gasteiger charge is -2.34. The number of halogens is 2. The number of anilines is 1. The number of hydrazone groups is 1. The number of nitrogens with one attached hydrogen (secondary N) is 1. The van der Waals surface area contributed by atoms with Gasteiger partial charge < -0.3 is 15.8 Å². The molecule has 0 saturated heterocycles. The van der Waals surface area contributed by atoms with E-state index < -0.39 is 5.91 Å². The van der Waals surface area contributed by atoms with Gasteiger partial charge in [-0.25, -0.2) is 9.40 Å². The number of amides is 2. The van der Waals surface area contributed by atoms with Crippen LogP contribution in [0.1, 0.15) is 34.3 Å². The van der Waals surface area contributed by atoms with Gasteiger partial charge in [0.05, 0.1) is 29.1 Å². The molecule has 7 nitrogen and oxygen atoms in total. The summed E-state index contributed by atoms with van der Waals surface area (Å²) in [5.41, 5.74) is 11.4. The van der Waals surface area contributed by atoms with Crippen molar-refractivity contribution in [3.63, 3.8) is 0 Å². The van der Waals surface area contributed by atoms with Crippen molar-refractivity contribution >= 4 is 40.5 Å². The van der Waals surface area contributed by atoms with Crippen LogP contribution in [-0.2, 0) is 11.2 Å². The Balaban J connectivity index is 0.000000209. The molecule has 3 aromatic rings. The van der Waals surface area contributed by atoms with E-state index in [1.807, 2.05) is 12.1 Å². The number of nitrogens with zero attached hydrogens (tertiary/aromatic N) is 2. The molecule has 2 aliphatic rings. The maximum atomic E-state index is 13.3. The van der Waals surface area contributed by atoms with Gasteiger partial charge in [-0.05, 0) is 66.4 Å². The number of carbonyl (C=O) groups excluding carboxylic acids is 2. The van der Waals surface area contributed by atoms with Gasteiger partial charge >= 0.3 is 0 Å². The Bertz CT molecular complexity index is 1400. The first-order valence-corrected chi connectivity index (χ1v) is 12.0. The lowest BCUT2D eigenvalue weighted by Crippen LogP contribution is -2.33. The van der Waals surface area contributed by atoms with Gasteiger partial charge in [0, 0.05) is 19.0 Å². The van der Waals surface area contributed by atoms with Crippen molar-refractivity contribution < 1.29 is 18.7 Å². The monoisotopic (exact) mass is 520 g/mol. The van der Waals surface area contributed by atoms with Gasteiger partial charge in [-0.3, -0.25) is 9.59 Å². The van der Waals surface area contributed by atoms with Crippen LogP contribution in [0, 0.1) is 5.82 Å². The fourth-order valence-corrected chi connectivity index (χ4v) is 4.51. The number of hydrogen-bond acceptors (Lipinski definition) is 5. The largest absolute Gasteiger partial charge is 0.497 e. The number of hydrogen-bond donors (Lipinski definition) is 2. The minimum atomic E-state index is -0.521. The Kier molecular flexibility index (Phi) is 7.89. The number of rotatable bonds is 4. The van der Waals surface area contributed by atoms with E-state index >= 15 is 0 Å². The van der Waals surface area contributed by atoms with Crippen LogP contribution in [-0.4, -0.2) is 31.7 Å². The zero-order chi connectivity index (χ0) is 26.5. The number of allylic oxidation sites excluding steroid dienone is 1. The Morgan fingerprint density at radius 3 is 2.46 bits per heavy atom. The van der Waals surface area contributed by atoms with Gasteiger partial charge in [0.25, 0.3) is 11.8 Å². The highest BCUT2D eigenvalue weighted by molar-refractivity contribution is 6.39. The minimum absolute atomic E-state index is 0.201. The molecular formula is C28H26ClFN4O3. The standard InChI is InChI=1S/C19H16FN3O.C9H10ClNO2/c20-14-7-9-15(10-8-14)23-18-13(11-17(22-23)19(21)24)6-5-12-3-1-2-4-16(12)18;1-11-9(12)7-4-3-6(13-2)5-8(7)10/h1-4,7-10H,5-6,11H2,(H2,21,24);3-5H,1-2H3,(H,11,12). The normalized spacial score (nSPS) is 13.9. The van der Waals surface area contributed by atoms with Crippen LogP contribution in [0.15, 0.2) is 77.4 Å². The van der Waals surface area contributed by atoms with Crippen LogP contribution in [0.2, 0.25) is 5.02 Å². The van der Waals surface area contributed by atoms with Gasteiger partial charge in [0.1, 0.15) is 17.3 Å². The second kappa shape index (κ2) is 11.3. The van der Waals surface area contributed by atoms with Crippen molar-refractivity contribution in [3.05, 3.63) is 99.8 Å². The topological polar surface area (TPSA) is 97.0 Å². The van der Waals surface area contributed by atoms with E-state index in [1.54, 1.807) is 49.5 Å². The molecule has 1 aliphatic carbocycles. The summed E-state index contributed by atoms with van der Waals surface area (Å²) in [7, 11) is 3.11. The number of aryl methyl sites for hydroxylation is 1. The molecule has 37 heavy (non-hydrogen) atoms. The zero-order valence-electron chi connectivity index (χ0n) is 20.4. The van der Waals surface area contributed by atoms with Gasteiger partial charge in [-0.1, -0.05) is 35.9 Å². The number of methoxy groups -OCH3 is 1. The third kappa shape index (κ3) is 5.65. The Morgan fingerprint density at radius 2 is 1.81 bits per heavy atom. The maximum Gasteiger partial charge on any atom is 0.265 e. The molecule has 0 bridgehead atoms. The molecule has 190 valence electrons. The predicted molar refractivity (Wildman–Crippen MR) is 143 cm³/mol. The Hall–Kier alpha value is -4.17. The van der Waals surface area contributed by atoms with Crippen LogP contribution in [0.4, 0.5) is 10.1 Å². The van der Waals surface area contributed by atoms with Crippen molar-refractivity contribution in [1.82, 2.24) is 5.32 Å². The Labute approximate surface area is 219 Å². The number of nitrogens with two attached hydrogens (primary N) is 1. The lowest BCUT2D eigenvalue weighted by molar-refractivity contribution is -0.112. The van der Waals surface area contributed by atoms with E-state index in [1.165, 1.54) is 17.7 Å². The quantitative estimate of drug-likeness (QED) is 0.509. The third-order valence-corrected chi connectivity index (χ3v) is 6.43. The highest BCUT2D eigenvalue weighted by Crippen LogP contribution is 2.40.